The monoisotopic (exact) mass is 394 g/mol. The van der Waals surface area contributed by atoms with Crippen molar-refractivity contribution in [1.82, 2.24) is 19.6 Å². The average Bonchev–Trinajstić information content (AvgIpc) is 3.16. The summed E-state index contributed by atoms with van der Waals surface area (Å²) in [5.41, 5.74) is 2.46. The number of aryl methyl sites for hydroxylation is 2. The summed E-state index contributed by atoms with van der Waals surface area (Å²) in [7, 11) is 0. The SMILES string of the molecule is Cc1cnn(CCC(=O)N2CCC3(CCC(=O)N(Cc4ccccc4)C3)CC2)c1. The molecule has 2 aliphatic heterocycles. The molecule has 29 heavy (non-hydrogen) atoms. The van der Waals surface area contributed by atoms with Gasteiger partial charge in [0.15, 0.2) is 0 Å². The number of aromatic nitrogens is 2. The highest BCUT2D eigenvalue weighted by atomic mass is 16.2. The van der Waals surface area contributed by atoms with Crippen molar-refractivity contribution in [2.75, 3.05) is 19.6 Å². The summed E-state index contributed by atoms with van der Waals surface area (Å²) in [6, 6.07) is 10.2. The first kappa shape index (κ1) is 19.7. The van der Waals surface area contributed by atoms with Gasteiger partial charge in [0.05, 0.1) is 6.20 Å². The Morgan fingerprint density at radius 3 is 2.59 bits per heavy atom. The van der Waals surface area contributed by atoms with Crippen molar-refractivity contribution >= 4 is 11.8 Å². The Bertz CT molecular complexity index is 853. The van der Waals surface area contributed by atoms with Gasteiger partial charge in [-0.05, 0) is 42.7 Å². The van der Waals surface area contributed by atoms with E-state index >= 15 is 0 Å². The smallest absolute Gasteiger partial charge is 0.224 e. The lowest BCUT2D eigenvalue weighted by Gasteiger charge is -2.47. The number of carbonyl (C=O) groups excluding carboxylic acids is 2. The van der Waals surface area contributed by atoms with Crippen LogP contribution in [0, 0.1) is 12.3 Å². The second-order valence-corrected chi connectivity index (χ2v) is 8.65. The van der Waals surface area contributed by atoms with Crippen molar-refractivity contribution in [3.8, 4) is 0 Å². The Balaban J connectivity index is 1.30. The molecule has 1 aromatic heterocycles. The van der Waals surface area contributed by atoms with E-state index in [4.69, 9.17) is 0 Å². The minimum absolute atomic E-state index is 0.165. The largest absolute Gasteiger partial charge is 0.343 e. The zero-order valence-corrected chi connectivity index (χ0v) is 17.2. The molecule has 0 radical (unpaired) electrons. The van der Waals surface area contributed by atoms with E-state index in [0.717, 1.165) is 44.5 Å². The molecule has 2 fully saturated rings. The third-order valence-corrected chi connectivity index (χ3v) is 6.46. The van der Waals surface area contributed by atoms with Crippen molar-refractivity contribution < 1.29 is 9.59 Å². The van der Waals surface area contributed by atoms with E-state index in [2.05, 4.69) is 17.2 Å². The summed E-state index contributed by atoms with van der Waals surface area (Å²) in [6.07, 6.45) is 7.83. The molecule has 6 nitrogen and oxygen atoms in total. The van der Waals surface area contributed by atoms with Crippen LogP contribution in [-0.4, -0.2) is 51.0 Å². The Kier molecular flexibility index (Phi) is 5.69. The van der Waals surface area contributed by atoms with Crippen molar-refractivity contribution in [3.05, 3.63) is 53.9 Å². The number of carbonyl (C=O) groups is 2. The van der Waals surface area contributed by atoms with Crippen LogP contribution in [0.25, 0.3) is 0 Å². The molecule has 1 aromatic carbocycles. The van der Waals surface area contributed by atoms with Crippen molar-refractivity contribution in [2.24, 2.45) is 5.41 Å². The van der Waals surface area contributed by atoms with Crippen LogP contribution >= 0.6 is 0 Å². The molecule has 154 valence electrons. The van der Waals surface area contributed by atoms with Gasteiger partial charge in [0.25, 0.3) is 0 Å². The molecule has 2 amide bonds. The predicted molar refractivity (Wildman–Crippen MR) is 111 cm³/mol. The molecular weight excluding hydrogens is 364 g/mol. The molecular formula is C23H30N4O2. The lowest BCUT2D eigenvalue weighted by molar-refractivity contribution is -0.143. The van der Waals surface area contributed by atoms with Crippen molar-refractivity contribution in [2.45, 2.75) is 52.1 Å². The quantitative estimate of drug-likeness (QED) is 0.783. The van der Waals surface area contributed by atoms with Gasteiger partial charge in [0.1, 0.15) is 0 Å². The first-order valence-electron chi connectivity index (χ1n) is 10.6. The number of nitrogens with zero attached hydrogens (tertiary/aromatic N) is 4. The molecule has 1 spiro atoms. The van der Waals surface area contributed by atoms with Gasteiger partial charge in [-0.3, -0.25) is 14.3 Å². The molecule has 0 saturated carbocycles. The number of amides is 2. The van der Waals surface area contributed by atoms with Gasteiger partial charge in [-0.15, -0.1) is 0 Å². The fraction of sp³-hybridized carbons (Fsp3) is 0.522. The number of hydrogen-bond donors (Lipinski definition) is 0. The van der Waals surface area contributed by atoms with Gasteiger partial charge >= 0.3 is 0 Å². The number of piperidine rings is 2. The highest BCUT2D eigenvalue weighted by Gasteiger charge is 2.41. The first-order valence-corrected chi connectivity index (χ1v) is 10.6. The van der Waals surface area contributed by atoms with Gasteiger partial charge in [0, 0.05) is 51.8 Å². The second kappa shape index (κ2) is 8.39. The van der Waals surface area contributed by atoms with Crippen LogP contribution in [0.5, 0.6) is 0 Å². The van der Waals surface area contributed by atoms with E-state index in [-0.39, 0.29) is 17.2 Å². The van der Waals surface area contributed by atoms with E-state index in [1.54, 1.807) is 0 Å². The maximum atomic E-state index is 12.6. The molecule has 2 aliphatic rings. The molecule has 0 unspecified atom stereocenters. The maximum absolute atomic E-state index is 12.6. The standard InChI is InChI=1S/C23H30N4O2/c1-19-15-24-27(16-19)12-8-22(29)25-13-10-23(11-14-25)9-7-21(28)26(18-23)17-20-5-3-2-4-6-20/h2-6,15-16H,7-14,17-18H2,1H3. The molecule has 0 aliphatic carbocycles. The lowest BCUT2D eigenvalue weighted by Crippen LogP contribution is -2.52. The Labute approximate surface area is 172 Å². The summed E-state index contributed by atoms with van der Waals surface area (Å²) in [4.78, 5) is 29.1. The van der Waals surface area contributed by atoms with E-state index in [0.29, 0.717) is 25.9 Å². The highest BCUT2D eigenvalue weighted by molar-refractivity contribution is 5.77. The Morgan fingerprint density at radius 2 is 1.90 bits per heavy atom. The first-order chi connectivity index (χ1) is 14.0. The van der Waals surface area contributed by atoms with Crippen LogP contribution in [-0.2, 0) is 22.7 Å². The zero-order chi connectivity index (χ0) is 20.3. The summed E-state index contributed by atoms with van der Waals surface area (Å²) < 4.78 is 1.84. The van der Waals surface area contributed by atoms with Crippen LogP contribution in [0.4, 0.5) is 0 Å². The molecule has 0 bridgehead atoms. The predicted octanol–water partition coefficient (Wildman–Crippen LogP) is 3.01. The van der Waals surface area contributed by atoms with E-state index in [9.17, 15) is 9.59 Å². The Hall–Kier alpha value is -2.63. The Morgan fingerprint density at radius 1 is 1.14 bits per heavy atom. The minimum Gasteiger partial charge on any atom is -0.343 e. The van der Waals surface area contributed by atoms with Crippen LogP contribution in [0.3, 0.4) is 0 Å². The molecule has 2 aromatic rings. The summed E-state index contributed by atoms with van der Waals surface area (Å²) in [5, 5.41) is 4.26. The minimum atomic E-state index is 0.165. The van der Waals surface area contributed by atoms with Crippen molar-refractivity contribution in [3.63, 3.8) is 0 Å². The lowest BCUT2D eigenvalue weighted by atomic mass is 9.72. The highest BCUT2D eigenvalue weighted by Crippen LogP contribution is 2.40. The van der Waals surface area contributed by atoms with Crippen LogP contribution < -0.4 is 0 Å². The second-order valence-electron chi connectivity index (χ2n) is 8.65. The molecule has 0 N–H and O–H groups in total. The molecule has 3 heterocycles. The molecule has 6 heteroatoms. The van der Waals surface area contributed by atoms with E-state index in [1.165, 1.54) is 5.56 Å². The summed E-state index contributed by atoms with van der Waals surface area (Å²) in [5.74, 6) is 0.466. The third kappa shape index (κ3) is 4.69. The molecule has 2 saturated heterocycles. The average molecular weight is 395 g/mol. The fourth-order valence-corrected chi connectivity index (χ4v) is 4.65. The van der Waals surface area contributed by atoms with Gasteiger partial charge in [-0.1, -0.05) is 30.3 Å². The van der Waals surface area contributed by atoms with Gasteiger partial charge in [0.2, 0.25) is 11.8 Å². The van der Waals surface area contributed by atoms with Crippen LogP contribution in [0.15, 0.2) is 42.7 Å². The molecule has 4 rings (SSSR count). The number of hydrogen-bond acceptors (Lipinski definition) is 3. The van der Waals surface area contributed by atoms with Crippen LogP contribution in [0.2, 0.25) is 0 Å². The van der Waals surface area contributed by atoms with E-state index < -0.39 is 0 Å². The normalized spacial score (nSPS) is 19.0. The van der Waals surface area contributed by atoms with Gasteiger partial charge in [-0.2, -0.15) is 5.10 Å². The number of benzene rings is 1. The zero-order valence-electron chi connectivity index (χ0n) is 17.2. The topological polar surface area (TPSA) is 58.4 Å². The van der Waals surface area contributed by atoms with Gasteiger partial charge < -0.3 is 9.80 Å². The van der Waals surface area contributed by atoms with Crippen LogP contribution in [0.1, 0.15) is 43.2 Å². The number of rotatable bonds is 5. The summed E-state index contributed by atoms with van der Waals surface area (Å²) in [6.45, 7) is 5.73. The maximum Gasteiger partial charge on any atom is 0.224 e. The van der Waals surface area contributed by atoms with Gasteiger partial charge in [-0.25, -0.2) is 0 Å². The number of likely N-dealkylation sites (tertiary alicyclic amines) is 2. The molecule has 0 atom stereocenters. The third-order valence-electron chi connectivity index (χ3n) is 6.46. The van der Waals surface area contributed by atoms with Crippen molar-refractivity contribution in [1.29, 1.82) is 0 Å². The fourth-order valence-electron chi connectivity index (χ4n) is 4.65. The summed E-state index contributed by atoms with van der Waals surface area (Å²) >= 11 is 0. The van der Waals surface area contributed by atoms with E-state index in [1.807, 2.05) is 52.0 Å².